The predicted octanol–water partition coefficient (Wildman–Crippen LogP) is 4.97. The van der Waals surface area contributed by atoms with Gasteiger partial charge in [0.05, 0.1) is 10.7 Å². The zero-order valence-corrected chi connectivity index (χ0v) is 15.9. The number of alkyl halides is 1. The number of rotatable bonds is 3. The minimum absolute atomic E-state index is 0.397. The molecule has 1 aliphatic heterocycles. The number of aryl methyl sites for hydroxylation is 1. The number of fused-ring (bicyclic) bond motifs is 1. The molecular formula is C21H23ClFN3. The number of halogens is 2. The summed E-state index contributed by atoms with van der Waals surface area (Å²) in [6.07, 6.45) is 2.63. The van der Waals surface area contributed by atoms with Crippen molar-refractivity contribution in [3.63, 3.8) is 0 Å². The summed E-state index contributed by atoms with van der Waals surface area (Å²) in [7, 11) is 0. The summed E-state index contributed by atoms with van der Waals surface area (Å²) in [6, 6.07) is 11.9. The molecule has 26 heavy (non-hydrogen) atoms. The van der Waals surface area contributed by atoms with Crippen molar-refractivity contribution in [2.24, 2.45) is 0 Å². The Kier molecular flexibility index (Phi) is 4.49. The van der Waals surface area contributed by atoms with Crippen molar-refractivity contribution >= 4 is 22.5 Å². The molecule has 1 saturated heterocycles. The highest BCUT2D eigenvalue weighted by Gasteiger charge is 2.42. The number of aromatic nitrogens is 2. The minimum atomic E-state index is -0.919. The fourth-order valence-electron chi connectivity index (χ4n) is 4.21. The molecule has 2 aromatic carbocycles. The molecular weight excluding hydrogens is 349 g/mol. The number of nitrogens with zero attached hydrogens (tertiary/aromatic N) is 2. The quantitative estimate of drug-likeness (QED) is 0.704. The molecule has 3 nitrogen and oxygen atoms in total. The number of hydrogen-bond acceptors (Lipinski definition) is 2. The van der Waals surface area contributed by atoms with Gasteiger partial charge in [-0.25, -0.2) is 9.07 Å². The second-order valence-electron chi connectivity index (χ2n) is 7.15. The molecule has 2 atom stereocenters. The van der Waals surface area contributed by atoms with Crippen LogP contribution < -0.4 is 5.32 Å². The minimum Gasteiger partial charge on any atom is -0.314 e. The van der Waals surface area contributed by atoms with Crippen molar-refractivity contribution in [1.29, 1.82) is 0 Å². The summed E-state index contributed by atoms with van der Waals surface area (Å²) in [5, 5.41) is 9.57. The molecule has 1 N–H and O–H groups in total. The third kappa shape index (κ3) is 2.63. The smallest absolute Gasteiger partial charge is 0.122 e. The molecule has 0 spiro atoms. The summed E-state index contributed by atoms with van der Waals surface area (Å²) >= 11 is 6.35. The Labute approximate surface area is 158 Å². The van der Waals surface area contributed by atoms with Gasteiger partial charge in [0.15, 0.2) is 0 Å². The van der Waals surface area contributed by atoms with Gasteiger partial charge in [0.1, 0.15) is 11.7 Å². The maximum Gasteiger partial charge on any atom is 0.122 e. The lowest BCUT2D eigenvalue weighted by atomic mass is 9.69. The Hall–Kier alpha value is -1.91. The first-order valence-electron chi connectivity index (χ1n) is 9.16. The first-order chi connectivity index (χ1) is 12.6. The van der Waals surface area contributed by atoms with Crippen LogP contribution in [0.5, 0.6) is 0 Å². The molecule has 136 valence electrons. The van der Waals surface area contributed by atoms with Crippen LogP contribution in [0.15, 0.2) is 42.6 Å². The van der Waals surface area contributed by atoms with E-state index in [-0.39, 0.29) is 0 Å². The molecule has 1 aromatic heterocycles. The first kappa shape index (κ1) is 17.5. The van der Waals surface area contributed by atoms with Gasteiger partial charge in [-0.2, -0.15) is 5.10 Å². The zero-order chi connectivity index (χ0) is 18.3. The topological polar surface area (TPSA) is 29.9 Å². The lowest BCUT2D eigenvalue weighted by Crippen LogP contribution is -2.49. The number of benzene rings is 2. The monoisotopic (exact) mass is 371 g/mol. The van der Waals surface area contributed by atoms with Gasteiger partial charge in [-0.05, 0) is 49.6 Å². The Morgan fingerprint density at radius 2 is 2.12 bits per heavy atom. The van der Waals surface area contributed by atoms with Crippen molar-refractivity contribution in [1.82, 2.24) is 15.1 Å². The van der Waals surface area contributed by atoms with E-state index in [4.69, 9.17) is 16.7 Å². The summed E-state index contributed by atoms with van der Waals surface area (Å²) < 4.78 is 17.0. The molecule has 2 heterocycles. The van der Waals surface area contributed by atoms with E-state index in [1.54, 1.807) is 0 Å². The molecule has 4 rings (SSSR count). The maximum atomic E-state index is 15.1. The second kappa shape index (κ2) is 6.67. The molecule has 1 aliphatic rings. The summed E-state index contributed by atoms with van der Waals surface area (Å²) in [4.78, 5) is 0. The Morgan fingerprint density at radius 1 is 1.31 bits per heavy atom. The van der Waals surface area contributed by atoms with Gasteiger partial charge < -0.3 is 5.32 Å². The van der Waals surface area contributed by atoms with Crippen LogP contribution >= 0.6 is 11.6 Å². The van der Waals surface area contributed by atoms with Gasteiger partial charge in [0, 0.05) is 23.5 Å². The van der Waals surface area contributed by atoms with Gasteiger partial charge in [-0.3, -0.25) is 0 Å². The summed E-state index contributed by atoms with van der Waals surface area (Å²) in [5.41, 5.74) is 3.39. The van der Waals surface area contributed by atoms with Crippen LogP contribution in [0.1, 0.15) is 30.9 Å². The van der Waals surface area contributed by atoms with Gasteiger partial charge in [0.2, 0.25) is 0 Å². The lowest BCUT2D eigenvalue weighted by molar-refractivity contribution is 0.135. The number of piperidine rings is 1. The fraction of sp³-hybridized carbons (Fsp3) is 0.381. The van der Waals surface area contributed by atoms with Crippen molar-refractivity contribution in [2.75, 3.05) is 13.1 Å². The molecule has 0 radical (unpaired) electrons. The van der Waals surface area contributed by atoms with Crippen molar-refractivity contribution in [3.05, 3.63) is 58.7 Å². The molecule has 5 heteroatoms. The molecule has 2 unspecified atom stereocenters. The van der Waals surface area contributed by atoms with Gasteiger partial charge in [0.25, 0.3) is 0 Å². The van der Waals surface area contributed by atoms with Crippen LogP contribution in [0, 0.1) is 6.92 Å². The highest BCUT2D eigenvalue weighted by Crippen LogP contribution is 2.41. The van der Waals surface area contributed by atoms with E-state index in [2.05, 4.69) is 25.2 Å². The molecule has 3 aromatic rings. The Morgan fingerprint density at radius 3 is 2.85 bits per heavy atom. The predicted molar refractivity (Wildman–Crippen MR) is 105 cm³/mol. The summed E-state index contributed by atoms with van der Waals surface area (Å²) in [5.74, 6) is 0. The number of para-hydroxylation sites is 1. The second-order valence-corrected chi connectivity index (χ2v) is 7.56. The van der Waals surface area contributed by atoms with E-state index >= 15 is 4.39 Å². The highest BCUT2D eigenvalue weighted by atomic mass is 35.5. The van der Waals surface area contributed by atoms with E-state index in [0.717, 1.165) is 47.1 Å². The summed E-state index contributed by atoms with van der Waals surface area (Å²) in [6.45, 7) is 5.35. The number of nitrogens with one attached hydrogen (secondary N) is 1. The normalized spacial score (nSPS) is 23.5. The van der Waals surface area contributed by atoms with Gasteiger partial charge in [-0.1, -0.05) is 42.8 Å². The molecule has 0 bridgehead atoms. The van der Waals surface area contributed by atoms with E-state index < -0.39 is 11.6 Å². The largest absolute Gasteiger partial charge is 0.314 e. The third-order valence-corrected chi connectivity index (χ3v) is 6.14. The van der Waals surface area contributed by atoms with Crippen LogP contribution in [0.4, 0.5) is 4.39 Å². The zero-order valence-electron chi connectivity index (χ0n) is 15.1. The Balaban J connectivity index is 1.92. The van der Waals surface area contributed by atoms with Gasteiger partial charge >= 0.3 is 0 Å². The van der Waals surface area contributed by atoms with Crippen LogP contribution in [0.25, 0.3) is 16.6 Å². The molecule has 0 saturated carbocycles. The van der Waals surface area contributed by atoms with E-state index in [0.29, 0.717) is 11.6 Å². The lowest BCUT2D eigenvalue weighted by Gasteiger charge is -2.41. The van der Waals surface area contributed by atoms with Crippen LogP contribution in [-0.2, 0) is 5.41 Å². The van der Waals surface area contributed by atoms with Crippen LogP contribution in [-0.4, -0.2) is 29.0 Å². The molecule has 0 amide bonds. The number of hydrogen-bond donors (Lipinski definition) is 1. The van der Waals surface area contributed by atoms with E-state index in [1.165, 1.54) is 0 Å². The average Bonchev–Trinajstić information content (AvgIpc) is 3.12. The molecule has 0 aliphatic carbocycles. The van der Waals surface area contributed by atoms with Crippen molar-refractivity contribution in [3.8, 4) is 5.69 Å². The van der Waals surface area contributed by atoms with E-state index in [1.807, 2.05) is 41.2 Å². The van der Waals surface area contributed by atoms with Gasteiger partial charge in [-0.15, -0.1) is 0 Å². The first-order valence-corrected chi connectivity index (χ1v) is 9.54. The standard InChI is InChI=1S/C21H23ClFN3/c1-3-21(10-11-24-12-19(21)23)16-6-4-5-7-18(16)26-13-15-14(2)8-9-17(22)20(15)25-26/h4-9,13,19,24H,3,10-12H2,1-2H3. The Bertz CT molecular complexity index is 913. The fourth-order valence-corrected chi connectivity index (χ4v) is 4.41. The van der Waals surface area contributed by atoms with Crippen molar-refractivity contribution in [2.45, 2.75) is 38.3 Å². The molecule has 1 fully saturated rings. The van der Waals surface area contributed by atoms with Crippen molar-refractivity contribution < 1.29 is 4.39 Å². The highest BCUT2D eigenvalue weighted by molar-refractivity contribution is 6.35. The van der Waals surface area contributed by atoms with E-state index in [9.17, 15) is 0 Å². The third-order valence-electron chi connectivity index (χ3n) is 5.83. The SMILES string of the molecule is CCC1(c2ccccc2-n2cc3c(C)ccc(Cl)c3n2)CCNCC1F. The van der Waals surface area contributed by atoms with Crippen LogP contribution in [0.2, 0.25) is 5.02 Å². The van der Waals surface area contributed by atoms with Crippen LogP contribution in [0.3, 0.4) is 0 Å². The maximum absolute atomic E-state index is 15.1. The average molecular weight is 372 g/mol.